The number of nitrogens with two attached hydrogens (primary N) is 1. The second kappa shape index (κ2) is 4.03. The van der Waals surface area contributed by atoms with Gasteiger partial charge in [-0.25, -0.2) is 4.39 Å². The molecule has 90 valence electrons. The van der Waals surface area contributed by atoms with Gasteiger partial charge in [0, 0.05) is 16.6 Å². The summed E-state index contributed by atoms with van der Waals surface area (Å²) < 4.78 is 18.7. The highest BCUT2D eigenvalue weighted by atomic mass is 35.5. The summed E-state index contributed by atoms with van der Waals surface area (Å²) in [4.78, 5) is 0. The summed E-state index contributed by atoms with van der Waals surface area (Å²) in [5.41, 5.74) is 7.59. The van der Waals surface area contributed by atoms with Gasteiger partial charge in [0.25, 0.3) is 0 Å². The minimum absolute atomic E-state index is 0.293. The van der Waals surface area contributed by atoms with E-state index in [9.17, 15) is 4.39 Å². The van der Waals surface area contributed by atoms with Crippen LogP contribution in [0.5, 0.6) is 0 Å². The van der Waals surface area contributed by atoms with Crippen LogP contribution in [0.4, 0.5) is 10.1 Å². The lowest BCUT2D eigenvalue weighted by molar-refractivity contribution is 0.619. The third-order valence-corrected chi connectivity index (χ3v) is 3.05. The summed E-state index contributed by atoms with van der Waals surface area (Å²) in [6.07, 6.45) is 0. The largest absolute Gasteiger partial charge is 0.456 e. The molecular weight excluding hydrogens is 253 g/mol. The van der Waals surface area contributed by atoms with Crippen LogP contribution in [0.1, 0.15) is 0 Å². The lowest BCUT2D eigenvalue weighted by Crippen LogP contribution is -1.84. The molecule has 0 unspecified atom stereocenters. The highest BCUT2D eigenvalue weighted by molar-refractivity contribution is 6.33. The Balaban J connectivity index is 2.19. The Morgan fingerprint density at radius 3 is 2.67 bits per heavy atom. The van der Waals surface area contributed by atoms with E-state index < -0.39 is 0 Å². The predicted molar refractivity (Wildman–Crippen MR) is 71.0 cm³/mol. The normalized spacial score (nSPS) is 11.0. The third-order valence-electron chi connectivity index (χ3n) is 2.74. The van der Waals surface area contributed by atoms with Crippen molar-refractivity contribution in [2.75, 3.05) is 5.73 Å². The van der Waals surface area contributed by atoms with Crippen molar-refractivity contribution < 1.29 is 8.81 Å². The van der Waals surface area contributed by atoms with Crippen molar-refractivity contribution in [2.24, 2.45) is 0 Å². The second-order valence-corrected chi connectivity index (χ2v) is 4.44. The molecule has 2 aromatic carbocycles. The van der Waals surface area contributed by atoms with Crippen molar-refractivity contribution in [2.45, 2.75) is 0 Å². The zero-order valence-corrected chi connectivity index (χ0v) is 10.0. The summed E-state index contributed by atoms with van der Waals surface area (Å²) >= 11 is 6.11. The van der Waals surface area contributed by atoms with Gasteiger partial charge in [-0.1, -0.05) is 11.6 Å². The van der Waals surface area contributed by atoms with E-state index in [0.29, 0.717) is 27.4 Å². The average molecular weight is 262 g/mol. The zero-order chi connectivity index (χ0) is 12.7. The predicted octanol–water partition coefficient (Wildman–Crippen LogP) is 4.47. The van der Waals surface area contributed by atoms with Gasteiger partial charge in [0.2, 0.25) is 0 Å². The summed E-state index contributed by atoms with van der Waals surface area (Å²) in [5, 5.41) is 1.22. The fraction of sp³-hybridized carbons (Fsp3) is 0. The minimum atomic E-state index is -0.293. The number of rotatable bonds is 1. The molecule has 4 heteroatoms. The van der Waals surface area contributed by atoms with Gasteiger partial charge in [-0.3, -0.25) is 0 Å². The quantitative estimate of drug-likeness (QED) is 0.656. The first-order valence-corrected chi connectivity index (χ1v) is 5.76. The van der Waals surface area contributed by atoms with Crippen LogP contribution in [0.2, 0.25) is 5.02 Å². The molecule has 1 aromatic heterocycles. The van der Waals surface area contributed by atoms with Crippen LogP contribution < -0.4 is 5.73 Å². The molecule has 3 aromatic rings. The van der Waals surface area contributed by atoms with E-state index in [0.717, 1.165) is 5.56 Å². The summed E-state index contributed by atoms with van der Waals surface area (Å²) in [6, 6.07) is 11.3. The summed E-state index contributed by atoms with van der Waals surface area (Å²) in [5.74, 6) is 0.304. The molecule has 0 aliphatic rings. The maximum Gasteiger partial charge on any atom is 0.136 e. The smallest absolute Gasteiger partial charge is 0.136 e. The molecule has 0 aliphatic heterocycles. The van der Waals surface area contributed by atoms with Crippen molar-refractivity contribution >= 4 is 28.3 Å². The van der Waals surface area contributed by atoms with Crippen LogP contribution in [0.3, 0.4) is 0 Å². The molecule has 0 radical (unpaired) electrons. The molecule has 0 fully saturated rings. The standard InChI is InChI=1S/C14H9ClFNO/c15-12-7-10(17)2-3-11(12)14-6-8-5-9(16)1-4-13(8)18-14/h1-7H,17H2. The van der Waals surface area contributed by atoms with Crippen LogP contribution in [0.15, 0.2) is 46.9 Å². The molecule has 0 saturated heterocycles. The van der Waals surface area contributed by atoms with Crippen LogP contribution in [-0.2, 0) is 0 Å². The van der Waals surface area contributed by atoms with Crippen molar-refractivity contribution in [3.05, 3.63) is 53.3 Å². The third kappa shape index (κ3) is 1.83. The maximum atomic E-state index is 13.1. The molecule has 0 saturated carbocycles. The molecule has 0 atom stereocenters. The van der Waals surface area contributed by atoms with Crippen molar-refractivity contribution in [1.29, 1.82) is 0 Å². The molecule has 18 heavy (non-hydrogen) atoms. The molecule has 0 spiro atoms. The Kier molecular flexibility index (Phi) is 2.49. The fourth-order valence-corrected chi connectivity index (χ4v) is 2.16. The van der Waals surface area contributed by atoms with Gasteiger partial charge < -0.3 is 10.2 Å². The number of nitrogen functional groups attached to an aromatic ring is 1. The number of fused-ring (bicyclic) bond motifs is 1. The van der Waals surface area contributed by atoms with Gasteiger partial charge in [-0.05, 0) is 42.5 Å². The van der Waals surface area contributed by atoms with Crippen molar-refractivity contribution in [3.63, 3.8) is 0 Å². The van der Waals surface area contributed by atoms with Crippen LogP contribution in [0.25, 0.3) is 22.3 Å². The first kappa shape index (κ1) is 11.1. The van der Waals surface area contributed by atoms with E-state index >= 15 is 0 Å². The number of halogens is 2. The number of benzene rings is 2. The van der Waals surface area contributed by atoms with E-state index in [1.807, 2.05) is 0 Å². The van der Waals surface area contributed by atoms with E-state index in [4.69, 9.17) is 21.8 Å². The SMILES string of the molecule is Nc1ccc(-c2cc3cc(F)ccc3o2)c(Cl)c1. The summed E-state index contributed by atoms with van der Waals surface area (Å²) in [7, 11) is 0. The van der Waals surface area contributed by atoms with Gasteiger partial charge in [0.15, 0.2) is 0 Å². The van der Waals surface area contributed by atoms with Gasteiger partial charge in [-0.15, -0.1) is 0 Å². The fourth-order valence-electron chi connectivity index (χ4n) is 1.88. The van der Waals surface area contributed by atoms with Gasteiger partial charge in [0.1, 0.15) is 17.2 Å². The van der Waals surface area contributed by atoms with Gasteiger partial charge >= 0.3 is 0 Å². The molecule has 0 bridgehead atoms. The Morgan fingerprint density at radius 2 is 1.89 bits per heavy atom. The molecular formula is C14H9ClFNO. The van der Waals surface area contributed by atoms with E-state index in [1.165, 1.54) is 12.1 Å². The lowest BCUT2D eigenvalue weighted by atomic mass is 10.1. The van der Waals surface area contributed by atoms with E-state index in [-0.39, 0.29) is 5.82 Å². The summed E-state index contributed by atoms with van der Waals surface area (Å²) in [6.45, 7) is 0. The molecule has 0 amide bonds. The number of furan rings is 1. The Labute approximate surface area is 108 Å². The van der Waals surface area contributed by atoms with Crippen molar-refractivity contribution in [1.82, 2.24) is 0 Å². The number of anilines is 1. The highest BCUT2D eigenvalue weighted by Crippen LogP contribution is 2.33. The minimum Gasteiger partial charge on any atom is -0.456 e. The monoisotopic (exact) mass is 261 g/mol. The van der Waals surface area contributed by atoms with Gasteiger partial charge in [-0.2, -0.15) is 0 Å². The zero-order valence-electron chi connectivity index (χ0n) is 9.28. The van der Waals surface area contributed by atoms with Gasteiger partial charge in [0.05, 0.1) is 5.02 Å². The lowest BCUT2D eigenvalue weighted by Gasteiger charge is -2.01. The number of hydrogen-bond donors (Lipinski definition) is 1. The topological polar surface area (TPSA) is 39.2 Å². The number of hydrogen-bond acceptors (Lipinski definition) is 2. The highest BCUT2D eigenvalue weighted by Gasteiger charge is 2.10. The second-order valence-electron chi connectivity index (χ2n) is 4.03. The maximum absolute atomic E-state index is 13.1. The van der Waals surface area contributed by atoms with Crippen molar-refractivity contribution in [3.8, 4) is 11.3 Å². The van der Waals surface area contributed by atoms with Crippen LogP contribution in [-0.4, -0.2) is 0 Å². The van der Waals surface area contributed by atoms with E-state index in [1.54, 1.807) is 30.3 Å². The van der Waals surface area contributed by atoms with Crippen LogP contribution in [0, 0.1) is 5.82 Å². The first-order valence-electron chi connectivity index (χ1n) is 5.38. The Bertz CT molecular complexity index is 736. The average Bonchev–Trinajstić information content (AvgIpc) is 2.71. The Morgan fingerprint density at radius 1 is 1.06 bits per heavy atom. The molecule has 2 N–H and O–H groups in total. The molecule has 2 nitrogen and oxygen atoms in total. The van der Waals surface area contributed by atoms with Crippen LogP contribution >= 0.6 is 11.6 Å². The Hall–Kier alpha value is -2.00. The molecule has 1 heterocycles. The molecule has 3 rings (SSSR count). The first-order chi connectivity index (χ1) is 8.63. The molecule has 0 aliphatic carbocycles. The van der Waals surface area contributed by atoms with E-state index in [2.05, 4.69) is 0 Å².